The Balaban J connectivity index is 1.23. The van der Waals surface area contributed by atoms with Crippen molar-refractivity contribution in [2.45, 2.75) is 35.4 Å². The van der Waals surface area contributed by atoms with Crippen LogP contribution in [0, 0.1) is 11.6 Å². The highest BCUT2D eigenvalue weighted by molar-refractivity contribution is 8.00. The minimum absolute atomic E-state index is 0.00335. The second-order valence-electron chi connectivity index (χ2n) is 11.8. The van der Waals surface area contributed by atoms with Crippen molar-refractivity contribution in [3.63, 3.8) is 0 Å². The fourth-order valence-corrected chi connectivity index (χ4v) is 7.01. The second-order valence-corrected chi connectivity index (χ2v) is 12.9. The van der Waals surface area contributed by atoms with Gasteiger partial charge >= 0.3 is 5.97 Å². The molecule has 0 spiro atoms. The predicted molar refractivity (Wildman–Crippen MR) is 184 cm³/mol. The van der Waals surface area contributed by atoms with Crippen LogP contribution >= 0.6 is 11.8 Å². The van der Waals surface area contributed by atoms with Gasteiger partial charge in [-0.1, -0.05) is 66.7 Å². The van der Waals surface area contributed by atoms with Crippen molar-refractivity contribution in [1.82, 2.24) is 16.0 Å². The van der Waals surface area contributed by atoms with Gasteiger partial charge in [-0.25, -0.2) is 13.6 Å². The average Bonchev–Trinajstić information content (AvgIpc) is 3.12. The minimum atomic E-state index is -1.44. The topological polar surface area (TPSA) is 174 Å². The van der Waals surface area contributed by atoms with Crippen molar-refractivity contribution < 1.29 is 48.0 Å². The van der Waals surface area contributed by atoms with Gasteiger partial charge in [-0.3, -0.25) is 14.4 Å². The summed E-state index contributed by atoms with van der Waals surface area (Å²) in [5.41, 5.74) is 1.25. The molecule has 266 valence electrons. The van der Waals surface area contributed by atoms with Gasteiger partial charge in [0.1, 0.15) is 40.3 Å². The number of hydrogen-bond donors (Lipinski definition) is 6. The minimum Gasteiger partial charge on any atom is -0.484 e. The molecule has 1 unspecified atom stereocenters. The van der Waals surface area contributed by atoms with Gasteiger partial charge < -0.3 is 36.0 Å². The molecule has 1 fully saturated rings. The van der Waals surface area contributed by atoms with Crippen LogP contribution in [-0.4, -0.2) is 75.3 Å². The van der Waals surface area contributed by atoms with Gasteiger partial charge in [0.15, 0.2) is 6.61 Å². The third-order valence-corrected chi connectivity index (χ3v) is 9.75. The number of carbonyl (C=O) groups excluding carboxylic acids is 3. The molecule has 0 aliphatic carbocycles. The van der Waals surface area contributed by atoms with Crippen LogP contribution in [0.15, 0.2) is 103 Å². The second kappa shape index (κ2) is 16.6. The number of hydrogen-bond acceptors (Lipinski definition) is 8. The van der Waals surface area contributed by atoms with Crippen molar-refractivity contribution >= 4 is 35.5 Å². The molecule has 1 saturated heterocycles. The van der Waals surface area contributed by atoms with E-state index in [1.807, 2.05) is 0 Å². The fraction of sp³-hybridized carbons (Fsp3) is 0.243. The number of nitrogens with one attached hydrogen (secondary N) is 3. The lowest BCUT2D eigenvalue weighted by molar-refractivity contribution is -0.142. The molecule has 0 aromatic heterocycles. The van der Waals surface area contributed by atoms with E-state index in [1.165, 1.54) is 48.2 Å². The molecule has 1 aliphatic heterocycles. The molecule has 14 heteroatoms. The highest BCUT2D eigenvalue weighted by Gasteiger charge is 2.56. The number of carboxylic acid groups (broad SMARTS) is 1. The Bertz CT molecular complexity index is 1830. The molecule has 11 nitrogen and oxygen atoms in total. The lowest BCUT2D eigenvalue weighted by atomic mass is 9.74. The zero-order valence-electron chi connectivity index (χ0n) is 27.0. The fourth-order valence-electron chi connectivity index (χ4n) is 5.66. The van der Waals surface area contributed by atoms with Crippen molar-refractivity contribution in [2.75, 3.05) is 19.0 Å². The van der Waals surface area contributed by atoms with E-state index in [-0.39, 0.29) is 23.8 Å². The smallest absolute Gasteiger partial charge is 0.326 e. The summed E-state index contributed by atoms with van der Waals surface area (Å²) in [5, 5.41) is 37.0. The molecule has 51 heavy (non-hydrogen) atoms. The van der Waals surface area contributed by atoms with Crippen molar-refractivity contribution in [2.24, 2.45) is 0 Å². The van der Waals surface area contributed by atoms with E-state index >= 15 is 0 Å². The summed E-state index contributed by atoms with van der Waals surface area (Å²) in [6.07, 6.45) is -0.988. The number of β-lactam (4-membered cyclic amide) rings is 1. The molecule has 3 amide bonds. The van der Waals surface area contributed by atoms with Gasteiger partial charge in [0, 0.05) is 12.2 Å². The van der Waals surface area contributed by atoms with Gasteiger partial charge in [0.05, 0.1) is 12.7 Å². The monoisotopic (exact) mass is 719 g/mol. The maximum Gasteiger partial charge on any atom is 0.326 e. The summed E-state index contributed by atoms with van der Waals surface area (Å²) in [5.74, 6) is -3.76. The Labute approximate surface area is 296 Å². The number of aliphatic carboxylic acids is 1. The summed E-state index contributed by atoms with van der Waals surface area (Å²) in [7, 11) is 0. The molecule has 0 saturated carbocycles. The number of amides is 3. The lowest BCUT2D eigenvalue weighted by Gasteiger charge is -2.50. The normalized spacial score (nSPS) is 18.4. The van der Waals surface area contributed by atoms with E-state index in [0.29, 0.717) is 22.3 Å². The molecular weight excluding hydrogens is 684 g/mol. The van der Waals surface area contributed by atoms with Crippen LogP contribution in [0.2, 0.25) is 0 Å². The molecule has 4 aromatic rings. The zero-order valence-corrected chi connectivity index (χ0v) is 27.8. The third kappa shape index (κ3) is 8.89. The number of aliphatic hydroxyl groups excluding tert-OH is 2. The largest absolute Gasteiger partial charge is 0.484 e. The van der Waals surface area contributed by atoms with E-state index < -0.39 is 71.6 Å². The third-order valence-electron chi connectivity index (χ3n) is 8.34. The summed E-state index contributed by atoms with van der Waals surface area (Å²) >= 11 is 1.19. The van der Waals surface area contributed by atoms with Crippen LogP contribution in [0.3, 0.4) is 0 Å². The summed E-state index contributed by atoms with van der Waals surface area (Å²) in [4.78, 5) is 50.1. The summed E-state index contributed by atoms with van der Waals surface area (Å²) < 4.78 is 32.9. The van der Waals surface area contributed by atoms with Crippen LogP contribution in [0.4, 0.5) is 8.78 Å². The number of aliphatic hydroxyl groups is 2. The molecule has 6 N–H and O–H groups in total. The average molecular weight is 720 g/mol. The van der Waals surface area contributed by atoms with Crippen LogP contribution in [0.5, 0.6) is 5.75 Å². The first-order valence-electron chi connectivity index (χ1n) is 15.8. The van der Waals surface area contributed by atoms with Crippen LogP contribution in [0.1, 0.15) is 28.4 Å². The number of benzene rings is 4. The Hall–Kier alpha value is -5.31. The number of thioether (sulfide) groups is 1. The predicted octanol–water partition coefficient (Wildman–Crippen LogP) is 2.84. The molecule has 1 heterocycles. The quantitative estimate of drug-likeness (QED) is 0.0953. The number of carbonyl (C=O) groups is 4. The maximum absolute atomic E-state index is 13.9. The van der Waals surface area contributed by atoms with Crippen molar-refractivity contribution in [1.29, 1.82) is 0 Å². The SMILES string of the molecule is O=C(COc1ccc([C@]2(c3ccc(F)cc3)NC(=O)[C@@H]2SCC(O)c2ccc(F)cc2)cc1)N[C@H](CO)C(=O)N[C@H](Cc1ccccc1)C(=O)O. The Morgan fingerprint density at radius 3 is 2.00 bits per heavy atom. The Morgan fingerprint density at radius 2 is 1.43 bits per heavy atom. The highest BCUT2D eigenvalue weighted by Crippen LogP contribution is 2.46. The zero-order chi connectivity index (χ0) is 36.5. The highest BCUT2D eigenvalue weighted by atomic mass is 32.2. The summed E-state index contributed by atoms with van der Waals surface area (Å²) in [6.45, 7) is -1.34. The van der Waals surface area contributed by atoms with Gasteiger partial charge in [-0.2, -0.15) is 0 Å². The van der Waals surface area contributed by atoms with Gasteiger partial charge in [0.2, 0.25) is 11.8 Å². The van der Waals surface area contributed by atoms with Crippen molar-refractivity contribution in [3.05, 3.63) is 137 Å². The molecule has 5 atom stereocenters. The van der Waals surface area contributed by atoms with Crippen molar-refractivity contribution in [3.8, 4) is 5.75 Å². The molecule has 4 aromatic carbocycles. The number of rotatable bonds is 16. The lowest BCUT2D eigenvalue weighted by Crippen LogP contribution is -2.69. The maximum atomic E-state index is 13.9. The first kappa shape index (κ1) is 37.0. The first-order valence-corrected chi connectivity index (χ1v) is 16.9. The molecule has 5 rings (SSSR count). The van der Waals surface area contributed by atoms with E-state index in [4.69, 9.17) is 4.74 Å². The van der Waals surface area contributed by atoms with Gasteiger partial charge in [0.25, 0.3) is 5.91 Å². The standard InChI is InChI=1S/C37H35F2N3O8S/c38-26-12-6-23(7-13-26)31(44)21-51-33-35(47)42-37(33,24-8-14-27(39)15-9-24)25-10-16-28(17-11-25)50-20-32(45)40-30(19-43)34(46)41-29(36(48)49)18-22-4-2-1-3-5-22/h1-17,29-31,33,43-44H,18-21H2,(H,40,45)(H,41,46)(H,42,47)(H,48,49)/t29-,30-,31?,33+,37+/m1/s1. The van der Waals surface area contributed by atoms with Gasteiger partial charge in [-0.05, 0) is 58.7 Å². The number of ether oxygens (including phenoxy) is 1. The number of halogens is 2. The van der Waals surface area contributed by atoms with E-state index in [0.717, 1.165) is 0 Å². The van der Waals surface area contributed by atoms with Crippen LogP contribution in [0.25, 0.3) is 0 Å². The number of carboxylic acids is 1. The van der Waals surface area contributed by atoms with Crippen LogP contribution in [-0.2, 0) is 31.1 Å². The Morgan fingerprint density at radius 1 is 0.843 bits per heavy atom. The first-order chi connectivity index (χ1) is 24.5. The van der Waals surface area contributed by atoms with Crippen LogP contribution < -0.4 is 20.7 Å². The van der Waals surface area contributed by atoms with E-state index in [9.17, 15) is 43.3 Å². The van der Waals surface area contributed by atoms with E-state index in [2.05, 4.69) is 16.0 Å². The van der Waals surface area contributed by atoms with Gasteiger partial charge in [-0.15, -0.1) is 11.8 Å². The molecule has 1 aliphatic rings. The summed E-state index contributed by atoms with van der Waals surface area (Å²) in [6, 6.07) is 23.5. The Kier molecular flexibility index (Phi) is 12.0. The molecule has 0 radical (unpaired) electrons. The molecular formula is C37H35F2N3O8S. The van der Waals surface area contributed by atoms with E-state index in [1.54, 1.807) is 66.7 Å². The molecule has 0 bridgehead atoms.